The van der Waals surface area contributed by atoms with Crippen LogP contribution in [0.2, 0.25) is 0 Å². The molecule has 0 bridgehead atoms. The van der Waals surface area contributed by atoms with E-state index in [0.29, 0.717) is 17.1 Å². The Morgan fingerprint density at radius 2 is 1.85 bits per heavy atom. The Balaban J connectivity index is 1.99. The highest BCUT2D eigenvalue weighted by Crippen LogP contribution is 2.34. The number of carboxylic acid groups (broad SMARTS) is 1. The summed E-state index contributed by atoms with van der Waals surface area (Å²) in [5.74, 6) is -0.436. The minimum atomic E-state index is -1.29. The first-order valence-electron chi connectivity index (χ1n) is 8.25. The van der Waals surface area contributed by atoms with Crippen molar-refractivity contribution in [3.63, 3.8) is 0 Å². The lowest BCUT2D eigenvalue weighted by Gasteiger charge is -2.14. The van der Waals surface area contributed by atoms with Crippen molar-refractivity contribution in [2.45, 2.75) is 6.61 Å². The highest BCUT2D eigenvalue weighted by atomic mass is 16.5. The fourth-order valence-electron chi connectivity index (χ4n) is 2.83. The van der Waals surface area contributed by atoms with E-state index in [9.17, 15) is 4.79 Å². The molecule has 3 rings (SSSR count). The molecule has 134 valence electrons. The van der Waals surface area contributed by atoms with Gasteiger partial charge in [0, 0.05) is 5.56 Å². The smallest absolute Gasteiger partial charge is 0.346 e. The third-order valence-electron chi connectivity index (χ3n) is 4.13. The van der Waals surface area contributed by atoms with Gasteiger partial charge < -0.3 is 14.6 Å². The summed E-state index contributed by atoms with van der Waals surface area (Å²) in [4.78, 5) is 11.2. The first-order chi connectivity index (χ1) is 13.1. The molecule has 27 heavy (non-hydrogen) atoms. The number of nitriles is 1. The Morgan fingerprint density at radius 3 is 2.59 bits per heavy atom. The quantitative estimate of drug-likeness (QED) is 0.521. The summed E-state index contributed by atoms with van der Waals surface area (Å²) in [5.41, 5.74) is 1.08. The SMILES string of the molecule is COc1cccc(C=C(C#N)C(=O)O)c1OCc1cccc2ccccc12. The summed E-state index contributed by atoms with van der Waals surface area (Å²) < 4.78 is 11.4. The van der Waals surface area contributed by atoms with E-state index >= 15 is 0 Å². The molecule has 0 saturated carbocycles. The predicted octanol–water partition coefficient (Wildman–Crippen LogP) is 4.42. The van der Waals surface area contributed by atoms with E-state index in [-0.39, 0.29) is 12.2 Å². The third-order valence-corrected chi connectivity index (χ3v) is 4.13. The van der Waals surface area contributed by atoms with E-state index in [0.717, 1.165) is 16.3 Å². The van der Waals surface area contributed by atoms with Gasteiger partial charge in [0.2, 0.25) is 0 Å². The maximum Gasteiger partial charge on any atom is 0.346 e. The van der Waals surface area contributed by atoms with Crippen LogP contribution in [0.5, 0.6) is 11.5 Å². The fraction of sp³-hybridized carbons (Fsp3) is 0.0909. The van der Waals surface area contributed by atoms with E-state index in [2.05, 4.69) is 0 Å². The van der Waals surface area contributed by atoms with Crippen molar-refractivity contribution in [2.75, 3.05) is 7.11 Å². The molecule has 0 aliphatic heterocycles. The maximum absolute atomic E-state index is 11.2. The fourth-order valence-corrected chi connectivity index (χ4v) is 2.83. The zero-order valence-corrected chi connectivity index (χ0v) is 14.7. The number of ether oxygens (including phenoxy) is 2. The van der Waals surface area contributed by atoms with Crippen LogP contribution < -0.4 is 9.47 Å². The van der Waals surface area contributed by atoms with Gasteiger partial charge in [-0.2, -0.15) is 5.26 Å². The van der Waals surface area contributed by atoms with Gasteiger partial charge in [0.25, 0.3) is 0 Å². The zero-order chi connectivity index (χ0) is 19.2. The Bertz CT molecular complexity index is 1060. The van der Waals surface area contributed by atoms with Crippen molar-refractivity contribution in [1.82, 2.24) is 0 Å². The van der Waals surface area contributed by atoms with Crippen LogP contribution in [0.4, 0.5) is 0 Å². The largest absolute Gasteiger partial charge is 0.493 e. The number of nitrogens with zero attached hydrogens (tertiary/aromatic N) is 1. The van der Waals surface area contributed by atoms with Crippen molar-refractivity contribution in [1.29, 1.82) is 5.26 Å². The van der Waals surface area contributed by atoms with E-state index in [1.165, 1.54) is 13.2 Å². The summed E-state index contributed by atoms with van der Waals surface area (Å²) in [6.45, 7) is 0.275. The summed E-state index contributed by atoms with van der Waals surface area (Å²) in [6.07, 6.45) is 1.28. The minimum absolute atomic E-state index is 0.275. The summed E-state index contributed by atoms with van der Waals surface area (Å²) in [5, 5.41) is 20.3. The molecule has 5 nitrogen and oxygen atoms in total. The molecular weight excluding hydrogens is 342 g/mol. The molecule has 0 fully saturated rings. The second kappa shape index (κ2) is 8.07. The maximum atomic E-state index is 11.2. The summed E-state index contributed by atoms with van der Waals surface area (Å²) >= 11 is 0. The second-order valence-electron chi connectivity index (χ2n) is 5.78. The van der Waals surface area contributed by atoms with Crippen molar-refractivity contribution in [3.05, 3.63) is 77.4 Å². The summed E-state index contributed by atoms with van der Waals surface area (Å²) in [6, 6.07) is 20.8. The molecule has 0 atom stereocenters. The number of carboxylic acids is 1. The Kier molecular flexibility index (Phi) is 5.38. The van der Waals surface area contributed by atoms with Crippen LogP contribution in [0, 0.1) is 11.3 Å². The van der Waals surface area contributed by atoms with Crippen LogP contribution in [-0.4, -0.2) is 18.2 Å². The van der Waals surface area contributed by atoms with Crippen LogP contribution in [0.1, 0.15) is 11.1 Å². The van der Waals surface area contributed by atoms with Gasteiger partial charge >= 0.3 is 5.97 Å². The first-order valence-corrected chi connectivity index (χ1v) is 8.25. The number of benzene rings is 3. The number of methoxy groups -OCH3 is 1. The minimum Gasteiger partial charge on any atom is -0.493 e. The molecule has 0 amide bonds. The number of rotatable bonds is 6. The molecule has 0 aromatic heterocycles. The predicted molar refractivity (Wildman–Crippen MR) is 102 cm³/mol. The van der Waals surface area contributed by atoms with Gasteiger partial charge in [0.15, 0.2) is 11.5 Å². The number of carbonyl (C=O) groups is 1. The van der Waals surface area contributed by atoms with Gasteiger partial charge in [-0.1, -0.05) is 54.6 Å². The normalized spacial score (nSPS) is 11.0. The van der Waals surface area contributed by atoms with Crippen LogP contribution in [0.3, 0.4) is 0 Å². The highest BCUT2D eigenvalue weighted by molar-refractivity contribution is 5.97. The Labute approximate surface area is 156 Å². The number of aliphatic carboxylic acids is 1. The van der Waals surface area contributed by atoms with E-state index in [1.54, 1.807) is 24.3 Å². The standard InChI is InChI=1S/C22H17NO4/c1-26-20-11-5-8-16(12-18(13-23)22(24)25)21(20)27-14-17-9-4-7-15-6-2-3-10-19(15)17/h2-12H,14H2,1H3,(H,24,25). The lowest BCUT2D eigenvalue weighted by Crippen LogP contribution is -2.02. The van der Waals surface area contributed by atoms with Crippen LogP contribution in [0.25, 0.3) is 16.8 Å². The third kappa shape index (κ3) is 3.91. The molecule has 0 saturated heterocycles. The van der Waals surface area contributed by atoms with E-state index < -0.39 is 5.97 Å². The van der Waals surface area contributed by atoms with Crippen molar-refractivity contribution >= 4 is 22.8 Å². The summed E-state index contributed by atoms with van der Waals surface area (Å²) in [7, 11) is 1.51. The van der Waals surface area contributed by atoms with Gasteiger partial charge in [0.1, 0.15) is 18.2 Å². The molecule has 1 N–H and O–H groups in total. The monoisotopic (exact) mass is 359 g/mol. The molecule has 3 aromatic carbocycles. The molecule has 0 spiro atoms. The van der Waals surface area contributed by atoms with Crippen LogP contribution in [-0.2, 0) is 11.4 Å². The van der Waals surface area contributed by atoms with Crippen molar-refractivity contribution in [2.24, 2.45) is 0 Å². The number of para-hydroxylation sites is 1. The average Bonchev–Trinajstić information content (AvgIpc) is 2.70. The average molecular weight is 359 g/mol. The van der Waals surface area contributed by atoms with Gasteiger partial charge in [0.05, 0.1) is 7.11 Å². The molecule has 0 heterocycles. The molecule has 5 heteroatoms. The highest BCUT2D eigenvalue weighted by Gasteiger charge is 2.13. The molecule has 0 radical (unpaired) electrons. The lowest BCUT2D eigenvalue weighted by molar-refractivity contribution is -0.132. The van der Waals surface area contributed by atoms with Crippen molar-refractivity contribution < 1.29 is 19.4 Å². The second-order valence-corrected chi connectivity index (χ2v) is 5.78. The van der Waals surface area contributed by atoms with Crippen molar-refractivity contribution in [3.8, 4) is 17.6 Å². The van der Waals surface area contributed by atoms with Gasteiger partial charge in [-0.05, 0) is 28.5 Å². The zero-order valence-electron chi connectivity index (χ0n) is 14.7. The Morgan fingerprint density at radius 1 is 1.11 bits per heavy atom. The molecular formula is C22H17NO4. The van der Waals surface area contributed by atoms with Gasteiger partial charge in [-0.25, -0.2) is 4.79 Å². The molecule has 3 aromatic rings. The Hall–Kier alpha value is -3.78. The van der Waals surface area contributed by atoms with Gasteiger partial charge in [-0.15, -0.1) is 0 Å². The van der Waals surface area contributed by atoms with Gasteiger partial charge in [-0.3, -0.25) is 0 Å². The molecule has 0 aliphatic carbocycles. The van der Waals surface area contributed by atoms with Crippen LogP contribution in [0.15, 0.2) is 66.2 Å². The van der Waals surface area contributed by atoms with Crippen LogP contribution >= 0.6 is 0 Å². The van der Waals surface area contributed by atoms with E-state index in [4.69, 9.17) is 19.8 Å². The lowest BCUT2D eigenvalue weighted by atomic mass is 10.1. The number of fused-ring (bicyclic) bond motifs is 1. The number of hydrogen-bond donors (Lipinski definition) is 1. The first kappa shape index (κ1) is 18.0. The topological polar surface area (TPSA) is 79.5 Å². The van der Waals surface area contributed by atoms with E-state index in [1.807, 2.05) is 42.5 Å². The number of hydrogen-bond acceptors (Lipinski definition) is 4. The molecule has 0 aliphatic rings. The molecule has 0 unspecified atom stereocenters.